The van der Waals surface area contributed by atoms with Crippen molar-refractivity contribution in [3.8, 4) is 0 Å². The minimum atomic E-state index is -1.68. The minimum absolute atomic E-state index is 0.338. The van der Waals surface area contributed by atoms with Crippen molar-refractivity contribution in [2.24, 2.45) is 11.8 Å². The van der Waals surface area contributed by atoms with Gasteiger partial charge < -0.3 is 19.5 Å². The third-order valence-electron chi connectivity index (χ3n) is 6.00. The SMILES string of the molecule is CCN(CC)c1ccc([C@@H]2[C@H](C(=O)OC(C)(C)C)C(=O)C[C@](C)(O)[C@H]2C(=O)OC(C)(C)C)cc1. The van der Waals surface area contributed by atoms with Gasteiger partial charge in [0.1, 0.15) is 17.1 Å². The Kier molecular flexibility index (Phi) is 8.24. The Bertz CT molecular complexity index is 887. The predicted octanol–water partition coefficient (Wildman–Crippen LogP) is 4.26. The first-order valence-electron chi connectivity index (χ1n) is 12.1. The zero-order chi connectivity index (χ0) is 26.1. The quantitative estimate of drug-likeness (QED) is 0.485. The van der Waals surface area contributed by atoms with Crippen LogP contribution >= 0.6 is 0 Å². The highest BCUT2D eigenvalue weighted by Gasteiger charge is 2.57. The van der Waals surface area contributed by atoms with Gasteiger partial charge in [-0.05, 0) is 80.0 Å². The van der Waals surface area contributed by atoms with Gasteiger partial charge in [-0.3, -0.25) is 14.4 Å². The van der Waals surface area contributed by atoms with E-state index >= 15 is 0 Å². The largest absolute Gasteiger partial charge is 0.460 e. The number of aliphatic hydroxyl groups is 1. The third-order valence-corrected chi connectivity index (χ3v) is 6.00. The number of carbonyl (C=O) groups excluding carboxylic acids is 3. The molecule has 0 spiro atoms. The molecule has 1 saturated carbocycles. The highest BCUT2D eigenvalue weighted by Crippen LogP contribution is 2.47. The first-order chi connectivity index (χ1) is 15.5. The zero-order valence-electron chi connectivity index (χ0n) is 22.1. The molecule has 0 amide bonds. The number of hydrogen-bond donors (Lipinski definition) is 1. The van der Waals surface area contributed by atoms with E-state index < -0.39 is 52.3 Å². The highest BCUT2D eigenvalue weighted by atomic mass is 16.6. The van der Waals surface area contributed by atoms with Gasteiger partial charge in [0.2, 0.25) is 0 Å². The number of ketones is 1. The number of rotatable bonds is 6. The molecule has 34 heavy (non-hydrogen) atoms. The summed E-state index contributed by atoms with van der Waals surface area (Å²) in [6.07, 6.45) is -0.338. The van der Waals surface area contributed by atoms with Crippen molar-refractivity contribution < 1.29 is 29.0 Å². The number of ether oxygens (including phenoxy) is 2. The fourth-order valence-corrected chi connectivity index (χ4v) is 4.64. The van der Waals surface area contributed by atoms with Crippen molar-refractivity contribution in [3.63, 3.8) is 0 Å². The van der Waals surface area contributed by atoms with Crippen LogP contribution in [0.5, 0.6) is 0 Å². The fourth-order valence-electron chi connectivity index (χ4n) is 4.64. The molecule has 7 heteroatoms. The Balaban J connectivity index is 2.64. The molecule has 1 aliphatic carbocycles. The van der Waals surface area contributed by atoms with Crippen LogP contribution in [0.3, 0.4) is 0 Å². The first kappa shape index (κ1) is 27.8. The molecular formula is C27H41NO6. The van der Waals surface area contributed by atoms with Crippen LogP contribution in [0, 0.1) is 11.8 Å². The summed E-state index contributed by atoms with van der Waals surface area (Å²) in [5.41, 5.74) is -1.69. The molecule has 190 valence electrons. The molecule has 2 rings (SSSR count). The van der Waals surface area contributed by atoms with Gasteiger partial charge in [-0.25, -0.2) is 0 Å². The average Bonchev–Trinajstić information content (AvgIpc) is 2.65. The standard InChI is InChI=1S/C27H41NO6/c1-10-28(11-2)18-14-12-17(13-15-18)20-21(23(30)33-25(3,4)5)19(29)16-27(9,32)22(20)24(31)34-26(6,7)8/h12-15,20-22,32H,10-11,16H2,1-9H3/t20-,21-,22-,27+/m1/s1. The summed E-state index contributed by atoms with van der Waals surface area (Å²) in [4.78, 5) is 42.0. The van der Waals surface area contributed by atoms with E-state index in [0.717, 1.165) is 18.8 Å². The monoisotopic (exact) mass is 475 g/mol. The summed E-state index contributed by atoms with van der Waals surface area (Å²) in [7, 11) is 0. The van der Waals surface area contributed by atoms with Crippen LogP contribution in [-0.4, -0.2) is 52.7 Å². The summed E-state index contributed by atoms with van der Waals surface area (Å²) >= 11 is 0. The Morgan fingerprint density at radius 1 is 0.971 bits per heavy atom. The fraction of sp³-hybridized carbons (Fsp3) is 0.667. The van der Waals surface area contributed by atoms with Gasteiger partial charge in [-0.15, -0.1) is 0 Å². The molecule has 0 aromatic heterocycles. The maximum Gasteiger partial charge on any atom is 0.317 e. The number of anilines is 1. The van der Waals surface area contributed by atoms with Crippen LogP contribution in [0.1, 0.15) is 80.2 Å². The molecule has 0 radical (unpaired) electrons. The van der Waals surface area contributed by atoms with Crippen molar-refractivity contribution in [3.05, 3.63) is 29.8 Å². The second kappa shape index (κ2) is 10.1. The van der Waals surface area contributed by atoms with Crippen LogP contribution < -0.4 is 4.90 Å². The molecule has 0 unspecified atom stereocenters. The Labute approximate surface area is 203 Å². The first-order valence-corrected chi connectivity index (χ1v) is 12.1. The van der Waals surface area contributed by atoms with Crippen molar-refractivity contribution in [2.75, 3.05) is 18.0 Å². The second-order valence-electron chi connectivity index (χ2n) is 11.3. The summed E-state index contributed by atoms with van der Waals surface area (Å²) in [6.45, 7) is 17.7. The van der Waals surface area contributed by atoms with E-state index in [1.54, 1.807) is 41.5 Å². The molecular weight excluding hydrogens is 434 g/mol. The molecule has 1 fully saturated rings. The number of Topliss-reactive ketones (excluding diaryl/α,β-unsaturated/α-hetero) is 1. The molecule has 4 atom stereocenters. The Morgan fingerprint density at radius 3 is 1.88 bits per heavy atom. The van der Waals surface area contributed by atoms with Crippen molar-refractivity contribution in [2.45, 2.75) is 91.5 Å². The normalized spacial score (nSPS) is 25.6. The van der Waals surface area contributed by atoms with Crippen LogP contribution in [0.15, 0.2) is 24.3 Å². The summed E-state index contributed by atoms with van der Waals surface area (Å²) < 4.78 is 11.2. The molecule has 1 aromatic carbocycles. The lowest BCUT2D eigenvalue weighted by Gasteiger charge is -2.44. The minimum Gasteiger partial charge on any atom is -0.460 e. The van der Waals surface area contributed by atoms with Gasteiger partial charge in [0, 0.05) is 31.1 Å². The van der Waals surface area contributed by atoms with Crippen LogP contribution in [0.4, 0.5) is 5.69 Å². The number of nitrogens with zero attached hydrogens (tertiary/aromatic N) is 1. The summed E-state index contributed by atoms with van der Waals surface area (Å²) in [6, 6.07) is 7.46. The smallest absolute Gasteiger partial charge is 0.317 e. The Hall–Kier alpha value is -2.41. The zero-order valence-corrected chi connectivity index (χ0v) is 22.1. The lowest BCUT2D eigenvalue weighted by Crippen LogP contribution is -2.56. The molecule has 7 nitrogen and oxygen atoms in total. The van der Waals surface area contributed by atoms with Crippen molar-refractivity contribution in [1.82, 2.24) is 0 Å². The van der Waals surface area contributed by atoms with E-state index in [2.05, 4.69) is 18.7 Å². The van der Waals surface area contributed by atoms with Crippen LogP contribution in [0.2, 0.25) is 0 Å². The lowest BCUT2D eigenvalue weighted by molar-refractivity contribution is -0.182. The maximum absolute atomic E-state index is 13.4. The summed E-state index contributed by atoms with van der Waals surface area (Å²) in [5.74, 6) is -5.06. The molecule has 0 bridgehead atoms. The average molecular weight is 476 g/mol. The van der Waals surface area contributed by atoms with Gasteiger partial charge in [0.05, 0.1) is 11.5 Å². The van der Waals surface area contributed by atoms with E-state index in [1.807, 2.05) is 24.3 Å². The highest BCUT2D eigenvalue weighted by molar-refractivity contribution is 6.03. The molecule has 0 saturated heterocycles. The number of hydrogen-bond acceptors (Lipinski definition) is 7. The third kappa shape index (κ3) is 6.59. The van der Waals surface area contributed by atoms with Crippen LogP contribution in [0.25, 0.3) is 0 Å². The Morgan fingerprint density at radius 2 is 1.44 bits per heavy atom. The second-order valence-corrected chi connectivity index (χ2v) is 11.3. The number of esters is 2. The van der Waals surface area contributed by atoms with E-state index in [1.165, 1.54) is 6.92 Å². The number of benzene rings is 1. The molecule has 0 heterocycles. The van der Waals surface area contributed by atoms with Gasteiger partial charge in [0.25, 0.3) is 0 Å². The molecule has 1 aromatic rings. The predicted molar refractivity (Wildman–Crippen MR) is 132 cm³/mol. The van der Waals surface area contributed by atoms with Crippen molar-refractivity contribution >= 4 is 23.4 Å². The van der Waals surface area contributed by atoms with Gasteiger partial charge in [0.15, 0.2) is 5.78 Å². The number of carbonyl (C=O) groups is 3. The maximum atomic E-state index is 13.4. The van der Waals surface area contributed by atoms with E-state index in [-0.39, 0.29) is 6.42 Å². The molecule has 1 N–H and O–H groups in total. The van der Waals surface area contributed by atoms with Gasteiger partial charge in [-0.1, -0.05) is 12.1 Å². The topological polar surface area (TPSA) is 93.1 Å². The van der Waals surface area contributed by atoms with Gasteiger partial charge in [-0.2, -0.15) is 0 Å². The molecule has 0 aliphatic heterocycles. The summed E-state index contributed by atoms with van der Waals surface area (Å²) in [5, 5.41) is 11.3. The van der Waals surface area contributed by atoms with E-state index in [4.69, 9.17) is 9.47 Å². The van der Waals surface area contributed by atoms with E-state index in [0.29, 0.717) is 5.56 Å². The molecule has 1 aliphatic rings. The lowest BCUT2D eigenvalue weighted by atomic mass is 9.61. The van der Waals surface area contributed by atoms with Crippen molar-refractivity contribution in [1.29, 1.82) is 0 Å². The van der Waals surface area contributed by atoms with Gasteiger partial charge >= 0.3 is 11.9 Å². The van der Waals surface area contributed by atoms with E-state index in [9.17, 15) is 19.5 Å². The van der Waals surface area contributed by atoms with Crippen LogP contribution in [-0.2, 0) is 23.9 Å².